The van der Waals surface area contributed by atoms with Crippen LogP contribution < -0.4 is 5.32 Å². The van der Waals surface area contributed by atoms with Crippen LogP contribution in [0.25, 0.3) is 0 Å². The summed E-state index contributed by atoms with van der Waals surface area (Å²) < 4.78 is 1.23. The lowest BCUT2D eigenvalue weighted by atomic mass is 10.2. The summed E-state index contributed by atoms with van der Waals surface area (Å²) in [4.78, 5) is 2.53. The zero-order valence-corrected chi connectivity index (χ0v) is 12.1. The van der Waals surface area contributed by atoms with Crippen LogP contribution in [0.1, 0.15) is 25.3 Å². The van der Waals surface area contributed by atoms with Gasteiger partial charge in [-0.3, -0.25) is 4.90 Å². The molecular formula is C12H19BrN2S. The number of hydrogen-bond acceptors (Lipinski definition) is 3. The van der Waals surface area contributed by atoms with Gasteiger partial charge in [-0.05, 0) is 58.9 Å². The molecule has 0 radical (unpaired) electrons. The van der Waals surface area contributed by atoms with Crippen LogP contribution in [0.2, 0.25) is 0 Å². The van der Waals surface area contributed by atoms with Gasteiger partial charge >= 0.3 is 0 Å². The lowest BCUT2D eigenvalue weighted by Crippen LogP contribution is -2.37. The summed E-state index contributed by atoms with van der Waals surface area (Å²) in [5.41, 5.74) is 1.43. The molecule has 0 saturated carbocycles. The predicted molar refractivity (Wildman–Crippen MR) is 74.0 cm³/mol. The maximum absolute atomic E-state index is 3.56. The first-order valence-electron chi connectivity index (χ1n) is 5.96. The molecule has 0 aromatic carbocycles. The van der Waals surface area contributed by atoms with Gasteiger partial charge in [-0.1, -0.05) is 6.92 Å². The van der Waals surface area contributed by atoms with Crippen LogP contribution in [0.5, 0.6) is 0 Å². The van der Waals surface area contributed by atoms with Crippen LogP contribution in [0.3, 0.4) is 0 Å². The van der Waals surface area contributed by atoms with Crippen molar-refractivity contribution >= 4 is 27.3 Å². The standard InChI is InChI=1S/C12H19BrN2S/c1-2-15(8-11-4-3-5-14-11)7-10-6-12(13)16-9-10/h6,9,11,14H,2-5,7-8H2,1H3. The first-order valence-corrected chi connectivity index (χ1v) is 7.64. The normalized spacial score (nSPS) is 20.8. The Balaban J connectivity index is 1.84. The number of likely N-dealkylation sites (N-methyl/N-ethyl adjacent to an activating group) is 1. The van der Waals surface area contributed by atoms with Crippen LogP contribution in [0.15, 0.2) is 15.2 Å². The van der Waals surface area contributed by atoms with E-state index in [0.29, 0.717) is 6.04 Å². The molecule has 2 nitrogen and oxygen atoms in total. The molecule has 0 bridgehead atoms. The largest absolute Gasteiger partial charge is 0.313 e. The fourth-order valence-electron chi connectivity index (χ4n) is 2.22. The van der Waals surface area contributed by atoms with E-state index in [1.165, 1.54) is 35.3 Å². The number of nitrogens with zero attached hydrogens (tertiary/aromatic N) is 1. The topological polar surface area (TPSA) is 15.3 Å². The lowest BCUT2D eigenvalue weighted by molar-refractivity contribution is 0.254. The fraction of sp³-hybridized carbons (Fsp3) is 0.667. The molecule has 4 heteroatoms. The van der Waals surface area contributed by atoms with E-state index < -0.39 is 0 Å². The second kappa shape index (κ2) is 6.15. The van der Waals surface area contributed by atoms with E-state index in [2.05, 4.69) is 44.5 Å². The molecule has 0 amide bonds. The molecular weight excluding hydrogens is 284 g/mol. The van der Waals surface area contributed by atoms with Crippen LogP contribution in [0, 0.1) is 0 Å². The SMILES string of the molecule is CCN(Cc1csc(Br)c1)CC1CCCN1. The average molecular weight is 303 g/mol. The molecule has 1 aromatic rings. The molecule has 1 N–H and O–H groups in total. The Morgan fingerprint density at radius 1 is 1.62 bits per heavy atom. The van der Waals surface area contributed by atoms with Crippen LogP contribution in [0.4, 0.5) is 0 Å². The lowest BCUT2D eigenvalue weighted by Gasteiger charge is -2.23. The van der Waals surface area contributed by atoms with Crippen LogP contribution in [-0.4, -0.2) is 30.6 Å². The van der Waals surface area contributed by atoms with Crippen molar-refractivity contribution in [1.82, 2.24) is 10.2 Å². The van der Waals surface area contributed by atoms with Crippen LogP contribution >= 0.6 is 27.3 Å². The van der Waals surface area contributed by atoms with Crippen molar-refractivity contribution in [1.29, 1.82) is 0 Å². The summed E-state index contributed by atoms with van der Waals surface area (Å²) in [6, 6.07) is 2.94. The highest BCUT2D eigenvalue weighted by molar-refractivity contribution is 9.11. The first kappa shape index (κ1) is 12.6. The monoisotopic (exact) mass is 302 g/mol. The molecule has 2 rings (SSSR count). The van der Waals surface area contributed by atoms with E-state index in [4.69, 9.17) is 0 Å². The second-order valence-corrected chi connectivity index (χ2v) is 6.67. The molecule has 1 saturated heterocycles. The molecule has 1 unspecified atom stereocenters. The Labute approximate surface area is 110 Å². The Morgan fingerprint density at radius 3 is 3.06 bits per heavy atom. The van der Waals surface area contributed by atoms with Crippen molar-refractivity contribution in [2.45, 2.75) is 32.4 Å². The smallest absolute Gasteiger partial charge is 0.0701 e. The summed E-state index contributed by atoms with van der Waals surface area (Å²) in [5, 5.41) is 5.81. The fourth-order valence-corrected chi connectivity index (χ4v) is 3.42. The maximum atomic E-state index is 3.56. The van der Waals surface area contributed by atoms with Gasteiger partial charge < -0.3 is 5.32 Å². The van der Waals surface area contributed by atoms with E-state index in [1.807, 2.05) is 0 Å². The van der Waals surface area contributed by atoms with Crippen molar-refractivity contribution in [2.75, 3.05) is 19.6 Å². The van der Waals surface area contributed by atoms with Gasteiger partial charge in [0.2, 0.25) is 0 Å². The molecule has 1 fully saturated rings. The number of rotatable bonds is 5. The Bertz CT molecular complexity index is 321. The average Bonchev–Trinajstić information content (AvgIpc) is 2.89. The second-order valence-electron chi connectivity index (χ2n) is 4.38. The number of halogens is 1. The van der Waals surface area contributed by atoms with E-state index in [0.717, 1.165) is 13.1 Å². The van der Waals surface area contributed by atoms with Gasteiger partial charge in [-0.25, -0.2) is 0 Å². The highest BCUT2D eigenvalue weighted by atomic mass is 79.9. The van der Waals surface area contributed by atoms with Gasteiger partial charge in [0.15, 0.2) is 0 Å². The van der Waals surface area contributed by atoms with Crippen molar-refractivity contribution in [3.63, 3.8) is 0 Å². The minimum Gasteiger partial charge on any atom is -0.313 e. The van der Waals surface area contributed by atoms with E-state index in [9.17, 15) is 0 Å². The van der Waals surface area contributed by atoms with E-state index in [-0.39, 0.29) is 0 Å². The molecule has 0 aliphatic carbocycles. The van der Waals surface area contributed by atoms with E-state index in [1.54, 1.807) is 11.3 Å². The van der Waals surface area contributed by atoms with Crippen LogP contribution in [-0.2, 0) is 6.54 Å². The maximum Gasteiger partial charge on any atom is 0.0701 e. The van der Waals surface area contributed by atoms with Crippen molar-refractivity contribution in [3.05, 3.63) is 20.8 Å². The Morgan fingerprint density at radius 2 is 2.50 bits per heavy atom. The van der Waals surface area contributed by atoms with Crippen molar-refractivity contribution in [3.8, 4) is 0 Å². The zero-order valence-electron chi connectivity index (χ0n) is 9.71. The molecule has 16 heavy (non-hydrogen) atoms. The molecule has 1 aliphatic heterocycles. The quantitative estimate of drug-likeness (QED) is 0.899. The first-order chi connectivity index (χ1) is 7.78. The molecule has 0 spiro atoms. The number of nitrogens with one attached hydrogen (secondary N) is 1. The van der Waals surface area contributed by atoms with Gasteiger partial charge in [-0.15, -0.1) is 11.3 Å². The minimum absolute atomic E-state index is 0.710. The van der Waals surface area contributed by atoms with Gasteiger partial charge in [-0.2, -0.15) is 0 Å². The zero-order chi connectivity index (χ0) is 11.4. The highest BCUT2D eigenvalue weighted by Crippen LogP contribution is 2.22. The molecule has 1 atom stereocenters. The predicted octanol–water partition coefficient (Wildman–Crippen LogP) is 3.08. The van der Waals surface area contributed by atoms with E-state index >= 15 is 0 Å². The number of hydrogen-bond donors (Lipinski definition) is 1. The van der Waals surface area contributed by atoms with Crippen molar-refractivity contribution in [2.24, 2.45) is 0 Å². The number of thiophene rings is 1. The van der Waals surface area contributed by atoms with Gasteiger partial charge in [0, 0.05) is 19.1 Å². The molecule has 2 heterocycles. The van der Waals surface area contributed by atoms with Gasteiger partial charge in [0.1, 0.15) is 0 Å². The third kappa shape index (κ3) is 3.55. The Hall–Kier alpha value is 0.1000. The molecule has 1 aromatic heterocycles. The summed E-state index contributed by atoms with van der Waals surface area (Å²) in [6.45, 7) is 6.84. The summed E-state index contributed by atoms with van der Waals surface area (Å²) in [5.74, 6) is 0. The summed E-state index contributed by atoms with van der Waals surface area (Å²) in [6.07, 6.45) is 2.68. The summed E-state index contributed by atoms with van der Waals surface area (Å²) >= 11 is 5.29. The molecule has 1 aliphatic rings. The van der Waals surface area contributed by atoms with Crippen molar-refractivity contribution < 1.29 is 0 Å². The third-order valence-corrected chi connectivity index (χ3v) is 4.67. The van der Waals surface area contributed by atoms with Gasteiger partial charge in [0.05, 0.1) is 3.79 Å². The third-order valence-electron chi connectivity index (χ3n) is 3.12. The highest BCUT2D eigenvalue weighted by Gasteiger charge is 2.17. The summed E-state index contributed by atoms with van der Waals surface area (Å²) in [7, 11) is 0. The minimum atomic E-state index is 0.710. The van der Waals surface area contributed by atoms with Gasteiger partial charge in [0.25, 0.3) is 0 Å². The Kier molecular flexibility index (Phi) is 4.82. The molecule has 90 valence electrons.